The van der Waals surface area contributed by atoms with Crippen molar-refractivity contribution in [1.29, 1.82) is 0 Å². The van der Waals surface area contributed by atoms with Gasteiger partial charge in [0.15, 0.2) is 0 Å². The number of rotatable bonds is 5. The van der Waals surface area contributed by atoms with Crippen LogP contribution >= 0.6 is 0 Å². The molecule has 1 saturated carbocycles. The molecule has 1 aliphatic carbocycles. The van der Waals surface area contributed by atoms with E-state index in [4.69, 9.17) is 4.52 Å². The molecule has 6 nitrogen and oxygen atoms in total. The SMILES string of the molecule is Cc1noc(C)c1CC(=O)NC(C(=O)O)C1CCCCC1. The summed E-state index contributed by atoms with van der Waals surface area (Å²) in [5, 5.41) is 15.8. The number of carbonyl (C=O) groups excluding carboxylic acids is 1. The lowest BCUT2D eigenvalue weighted by Crippen LogP contribution is -2.47. The van der Waals surface area contributed by atoms with E-state index in [9.17, 15) is 14.7 Å². The van der Waals surface area contributed by atoms with Crippen molar-refractivity contribution in [3.63, 3.8) is 0 Å². The van der Waals surface area contributed by atoms with E-state index in [-0.39, 0.29) is 18.2 Å². The zero-order chi connectivity index (χ0) is 15.4. The van der Waals surface area contributed by atoms with Crippen LogP contribution in [0.4, 0.5) is 0 Å². The van der Waals surface area contributed by atoms with E-state index in [0.717, 1.165) is 37.7 Å². The van der Waals surface area contributed by atoms with Crippen molar-refractivity contribution in [2.45, 2.75) is 58.4 Å². The predicted molar refractivity (Wildman–Crippen MR) is 75.8 cm³/mol. The third-order valence-electron chi connectivity index (χ3n) is 4.22. The Labute approximate surface area is 123 Å². The highest BCUT2D eigenvalue weighted by Crippen LogP contribution is 2.26. The molecule has 0 aliphatic heterocycles. The quantitative estimate of drug-likeness (QED) is 0.866. The van der Waals surface area contributed by atoms with E-state index in [1.54, 1.807) is 13.8 Å². The number of amides is 1. The second kappa shape index (κ2) is 6.74. The number of aliphatic carboxylic acids is 1. The molecule has 0 spiro atoms. The van der Waals surface area contributed by atoms with Gasteiger partial charge in [-0.05, 0) is 32.6 Å². The molecule has 1 aliphatic rings. The zero-order valence-electron chi connectivity index (χ0n) is 12.5. The van der Waals surface area contributed by atoms with Gasteiger partial charge in [0.1, 0.15) is 11.8 Å². The molecule has 2 rings (SSSR count). The third-order valence-corrected chi connectivity index (χ3v) is 4.22. The monoisotopic (exact) mass is 294 g/mol. The summed E-state index contributed by atoms with van der Waals surface area (Å²) in [6.45, 7) is 3.52. The summed E-state index contributed by atoms with van der Waals surface area (Å²) in [6.07, 6.45) is 5.06. The van der Waals surface area contributed by atoms with Gasteiger partial charge in [0.2, 0.25) is 5.91 Å². The van der Waals surface area contributed by atoms with Crippen molar-refractivity contribution >= 4 is 11.9 Å². The molecule has 21 heavy (non-hydrogen) atoms. The van der Waals surface area contributed by atoms with Crippen LogP contribution in [0.1, 0.15) is 49.1 Å². The van der Waals surface area contributed by atoms with Crippen LogP contribution in [-0.4, -0.2) is 28.2 Å². The summed E-state index contributed by atoms with van der Waals surface area (Å²) in [5.41, 5.74) is 1.41. The third kappa shape index (κ3) is 3.83. The first-order chi connectivity index (χ1) is 9.99. The number of aryl methyl sites for hydroxylation is 2. The summed E-state index contributed by atoms with van der Waals surface area (Å²) < 4.78 is 5.02. The fourth-order valence-electron chi connectivity index (χ4n) is 2.99. The number of nitrogens with zero attached hydrogens (tertiary/aromatic N) is 1. The number of aromatic nitrogens is 1. The topological polar surface area (TPSA) is 92.4 Å². The molecule has 0 saturated heterocycles. The molecule has 2 N–H and O–H groups in total. The summed E-state index contributed by atoms with van der Waals surface area (Å²) in [4.78, 5) is 23.6. The second-order valence-electron chi connectivity index (χ2n) is 5.76. The van der Waals surface area contributed by atoms with Crippen molar-refractivity contribution in [3.05, 3.63) is 17.0 Å². The summed E-state index contributed by atoms with van der Waals surface area (Å²) >= 11 is 0. The molecule has 1 aromatic heterocycles. The van der Waals surface area contributed by atoms with Crippen LogP contribution in [0, 0.1) is 19.8 Å². The fraction of sp³-hybridized carbons (Fsp3) is 0.667. The lowest BCUT2D eigenvalue weighted by Gasteiger charge is -2.28. The first-order valence-electron chi connectivity index (χ1n) is 7.43. The molecule has 6 heteroatoms. The maximum Gasteiger partial charge on any atom is 0.326 e. The van der Waals surface area contributed by atoms with E-state index < -0.39 is 12.0 Å². The van der Waals surface area contributed by atoms with Gasteiger partial charge in [-0.1, -0.05) is 24.4 Å². The number of hydrogen-bond acceptors (Lipinski definition) is 4. The molecule has 116 valence electrons. The summed E-state index contributed by atoms with van der Waals surface area (Å²) in [6, 6.07) is -0.793. The Kier molecular flexibility index (Phi) is 4.98. The molecule has 0 bridgehead atoms. The van der Waals surface area contributed by atoms with Crippen molar-refractivity contribution in [2.75, 3.05) is 0 Å². The standard InChI is InChI=1S/C15H22N2O4/c1-9-12(10(2)21-17-9)8-13(18)16-14(15(19)20)11-6-4-3-5-7-11/h11,14H,3-8H2,1-2H3,(H,16,18)(H,19,20). The van der Waals surface area contributed by atoms with Gasteiger partial charge in [0.05, 0.1) is 12.1 Å². The molecular weight excluding hydrogens is 272 g/mol. The van der Waals surface area contributed by atoms with Crippen LogP contribution in [0.5, 0.6) is 0 Å². The van der Waals surface area contributed by atoms with Gasteiger partial charge >= 0.3 is 5.97 Å². The van der Waals surface area contributed by atoms with E-state index in [1.165, 1.54) is 0 Å². The Morgan fingerprint density at radius 3 is 2.52 bits per heavy atom. The van der Waals surface area contributed by atoms with Crippen LogP contribution in [0.3, 0.4) is 0 Å². The molecule has 1 heterocycles. The smallest absolute Gasteiger partial charge is 0.326 e. The Morgan fingerprint density at radius 1 is 1.33 bits per heavy atom. The molecule has 1 atom stereocenters. The maximum absolute atomic E-state index is 12.1. The lowest BCUT2D eigenvalue weighted by molar-refractivity contribution is -0.143. The largest absolute Gasteiger partial charge is 0.480 e. The fourth-order valence-corrected chi connectivity index (χ4v) is 2.99. The summed E-state index contributed by atoms with van der Waals surface area (Å²) in [5.74, 6) is -0.603. The van der Waals surface area contributed by atoms with Crippen molar-refractivity contribution in [1.82, 2.24) is 10.5 Å². The predicted octanol–water partition coefficient (Wildman–Crippen LogP) is 1.98. The first-order valence-corrected chi connectivity index (χ1v) is 7.43. The van der Waals surface area contributed by atoms with E-state index in [0.29, 0.717) is 11.5 Å². The van der Waals surface area contributed by atoms with Crippen molar-refractivity contribution in [2.24, 2.45) is 5.92 Å². The summed E-state index contributed by atoms with van der Waals surface area (Å²) in [7, 11) is 0. The highest BCUT2D eigenvalue weighted by molar-refractivity contribution is 5.85. The number of carbonyl (C=O) groups is 2. The van der Waals surface area contributed by atoms with Crippen LogP contribution in [-0.2, 0) is 16.0 Å². The Balaban J connectivity index is 1.99. The van der Waals surface area contributed by atoms with Gasteiger partial charge in [0.25, 0.3) is 0 Å². The number of nitrogens with one attached hydrogen (secondary N) is 1. The molecule has 0 radical (unpaired) electrons. The zero-order valence-corrected chi connectivity index (χ0v) is 12.5. The van der Waals surface area contributed by atoms with E-state index in [1.807, 2.05) is 0 Å². The van der Waals surface area contributed by atoms with E-state index in [2.05, 4.69) is 10.5 Å². The molecule has 0 aromatic carbocycles. The Morgan fingerprint density at radius 2 is 2.00 bits per heavy atom. The molecule has 1 amide bonds. The Hall–Kier alpha value is -1.85. The average molecular weight is 294 g/mol. The minimum atomic E-state index is -0.950. The molecule has 1 unspecified atom stereocenters. The van der Waals surface area contributed by atoms with Gasteiger partial charge in [0, 0.05) is 5.56 Å². The maximum atomic E-state index is 12.1. The van der Waals surface area contributed by atoms with Gasteiger partial charge in [-0.15, -0.1) is 0 Å². The average Bonchev–Trinajstić information content (AvgIpc) is 2.77. The number of hydrogen-bond donors (Lipinski definition) is 2. The molecule has 1 aromatic rings. The van der Waals surface area contributed by atoms with Gasteiger partial charge in [-0.25, -0.2) is 4.79 Å². The van der Waals surface area contributed by atoms with Crippen LogP contribution in [0.25, 0.3) is 0 Å². The molecule has 1 fully saturated rings. The van der Waals surface area contributed by atoms with Crippen molar-refractivity contribution in [3.8, 4) is 0 Å². The van der Waals surface area contributed by atoms with Crippen molar-refractivity contribution < 1.29 is 19.2 Å². The number of carboxylic acids is 1. The molecular formula is C15H22N2O4. The van der Waals surface area contributed by atoms with Crippen LogP contribution in [0.2, 0.25) is 0 Å². The van der Waals surface area contributed by atoms with Gasteiger partial charge < -0.3 is 14.9 Å². The Bertz CT molecular complexity index is 498. The normalized spacial score (nSPS) is 17.4. The van der Waals surface area contributed by atoms with Gasteiger partial charge in [-0.3, -0.25) is 4.79 Å². The highest BCUT2D eigenvalue weighted by atomic mass is 16.5. The minimum absolute atomic E-state index is 0.0323. The van der Waals surface area contributed by atoms with Crippen LogP contribution < -0.4 is 5.32 Å². The first kappa shape index (κ1) is 15.5. The van der Waals surface area contributed by atoms with E-state index >= 15 is 0 Å². The highest BCUT2D eigenvalue weighted by Gasteiger charge is 2.31. The minimum Gasteiger partial charge on any atom is -0.480 e. The van der Waals surface area contributed by atoms with Gasteiger partial charge in [-0.2, -0.15) is 0 Å². The van der Waals surface area contributed by atoms with Crippen LogP contribution in [0.15, 0.2) is 4.52 Å². The lowest BCUT2D eigenvalue weighted by atomic mass is 9.84. The number of carboxylic acid groups (broad SMARTS) is 1. The second-order valence-corrected chi connectivity index (χ2v) is 5.76.